The minimum absolute atomic E-state index is 0.171. The van der Waals surface area contributed by atoms with Gasteiger partial charge >= 0.3 is 0 Å². The summed E-state index contributed by atoms with van der Waals surface area (Å²) in [6.07, 6.45) is 2.10. The Morgan fingerprint density at radius 1 is 1.24 bits per heavy atom. The Hall–Kier alpha value is -2.14. The molecule has 0 atom stereocenters. The number of carbonyl (C=O) groups excluding carboxylic acids is 1. The van der Waals surface area contributed by atoms with Gasteiger partial charge in [-0.2, -0.15) is 0 Å². The van der Waals surface area contributed by atoms with Gasteiger partial charge in [0.05, 0.1) is 0 Å². The van der Waals surface area contributed by atoms with Gasteiger partial charge < -0.3 is 10.6 Å². The number of aromatic nitrogens is 2. The zero-order valence-electron chi connectivity index (χ0n) is 11.6. The molecular weight excluding hydrogens is 288 g/mol. The molecular formula is C15H15ClN4O. The fraction of sp³-hybridized carbons (Fsp3) is 0.267. The van der Waals surface area contributed by atoms with Gasteiger partial charge in [0.1, 0.15) is 0 Å². The van der Waals surface area contributed by atoms with Crippen molar-refractivity contribution in [1.82, 2.24) is 15.5 Å². The van der Waals surface area contributed by atoms with E-state index in [1.165, 1.54) is 0 Å². The molecule has 0 unspecified atom stereocenters. The maximum Gasteiger partial charge on any atom is 0.272 e. The summed E-state index contributed by atoms with van der Waals surface area (Å²) in [5.41, 5.74) is 2.14. The number of benzene rings is 1. The molecule has 108 valence electrons. The topological polar surface area (TPSA) is 66.9 Å². The Balaban J connectivity index is 1.71. The molecule has 0 spiro atoms. The molecule has 6 heteroatoms. The van der Waals surface area contributed by atoms with Gasteiger partial charge in [-0.05, 0) is 49.6 Å². The summed E-state index contributed by atoms with van der Waals surface area (Å²) in [7, 11) is 0. The van der Waals surface area contributed by atoms with Gasteiger partial charge in [-0.3, -0.25) is 4.79 Å². The Morgan fingerprint density at radius 2 is 2.05 bits per heavy atom. The highest BCUT2D eigenvalue weighted by molar-refractivity contribution is 6.31. The normalized spacial score (nSPS) is 13.8. The minimum Gasteiger partial charge on any atom is -0.348 e. The fourth-order valence-corrected chi connectivity index (χ4v) is 2.06. The average molecular weight is 303 g/mol. The van der Waals surface area contributed by atoms with E-state index in [0.717, 1.165) is 24.1 Å². The van der Waals surface area contributed by atoms with Crippen molar-refractivity contribution in [3.05, 3.63) is 46.6 Å². The third kappa shape index (κ3) is 3.31. The van der Waals surface area contributed by atoms with E-state index in [-0.39, 0.29) is 5.91 Å². The SMILES string of the molecule is Cc1c(Cl)cccc1Nc1ccc(C(=O)NC2CC2)nn1. The van der Waals surface area contributed by atoms with Crippen molar-refractivity contribution in [3.8, 4) is 0 Å². The number of nitrogens with zero attached hydrogens (tertiary/aromatic N) is 2. The summed E-state index contributed by atoms with van der Waals surface area (Å²) in [5.74, 6) is 0.402. The number of rotatable bonds is 4. The summed E-state index contributed by atoms with van der Waals surface area (Å²) in [5, 5.41) is 14.7. The molecule has 1 heterocycles. The lowest BCUT2D eigenvalue weighted by Gasteiger charge is -2.09. The molecule has 1 aromatic heterocycles. The molecule has 1 fully saturated rings. The standard InChI is InChI=1S/C15H15ClN4O/c1-9-11(16)3-2-4-12(9)18-14-8-7-13(19-20-14)15(21)17-10-5-6-10/h2-4,7-8,10H,5-6H2,1H3,(H,17,21)(H,18,20). The van der Waals surface area contributed by atoms with Crippen molar-refractivity contribution < 1.29 is 4.79 Å². The molecule has 0 aliphatic heterocycles. The highest BCUT2D eigenvalue weighted by atomic mass is 35.5. The largest absolute Gasteiger partial charge is 0.348 e. The molecule has 21 heavy (non-hydrogen) atoms. The maximum atomic E-state index is 11.8. The Bertz CT molecular complexity index is 668. The van der Waals surface area contributed by atoms with Crippen LogP contribution in [-0.4, -0.2) is 22.1 Å². The first-order valence-electron chi connectivity index (χ1n) is 6.80. The smallest absolute Gasteiger partial charge is 0.272 e. The van der Waals surface area contributed by atoms with Crippen molar-refractivity contribution in [3.63, 3.8) is 0 Å². The summed E-state index contributed by atoms with van der Waals surface area (Å²) in [4.78, 5) is 11.8. The van der Waals surface area contributed by atoms with Crippen LogP contribution in [0.25, 0.3) is 0 Å². The first-order valence-corrected chi connectivity index (χ1v) is 7.18. The molecule has 0 saturated heterocycles. The molecule has 1 aliphatic rings. The van der Waals surface area contributed by atoms with E-state index in [1.807, 2.05) is 25.1 Å². The number of carbonyl (C=O) groups is 1. The molecule has 3 rings (SSSR count). The lowest BCUT2D eigenvalue weighted by molar-refractivity contribution is 0.0945. The Kier molecular flexibility index (Phi) is 3.75. The van der Waals surface area contributed by atoms with Crippen molar-refractivity contribution in [2.45, 2.75) is 25.8 Å². The molecule has 1 saturated carbocycles. The first kappa shape index (κ1) is 13.8. The van der Waals surface area contributed by atoms with Gasteiger partial charge in [-0.1, -0.05) is 17.7 Å². The van der Waals surface area contributed by atoms with Crippen molar-refractivity contribution in [2.75, 3.05) is 5.32 Å². The summed E-state index contributed by atoms with van der Waals surface area (Å²) in [6, 6.07) is 9.31. The van der Waals surface area contributed by atoms with E-state index in [4.69, 9.17) is 11.6 Å². The Labute approximate surface area is 127 Å². The second-order valence-electron chi connectivity index (χ2n) is 5.09. The van der Waals surface area contributed by atoms with E-state index < -0.39 is 0 Å². The van der Waals surface area contributed by atoms with Gasteiger partial charge in [-0.25, -0.2) is 0 Å². The van der Waals surface area contributed by atoms with Crippen LogP contribution in [0.3, 0.4) is 0 Å². The van der Waals surface area contributed by atoms with Gasteiger partial charge in [0.15, 0.2) is 11.5 Å². The van der Waals surface area contributed by atoms with Gasteiger partial charge in [0.2, 0.25) is 0 Å². The lowest BCUT2D eigenvalue weighted by atomic mass is 10.2. The predicted molar refractivity (Wildman–Crippen MR) is 82.0 cm³/mol. The van der Waals surface area contributed by atoms with Crippen LogP contribution in [0.1, 0.15) is 28.9 Å². The zero-order valence-corrected chi connectivity index (χ0v) is 12.3. The lowest BCUT2D eigenvalue weighted by Crippen LogP contribution is -2.26. The monoisotopic (exact) mass is 302 g/mol. The molecule has 1 amide bonds. The maximum absolute atomic E-state index is 11.8. The minimum atomic E-state index is -0.171. The second kappa shape index (κ2) is 5.69. The van der Waals surface area contributed by atoms with Crippen molar-refractivity contribution >= 4 is 29.0 Å². The molecule has 1 aromatic carbocycles. The summed E-state index contributed by atoms with van der Waals surface area (Å²) < 4.78 is 0. The number of halogens is 1. The van der Waals surface area contributed by atoms with Gasteiger partial charge in [0, 0.05) is 16.8 Å². The third-order valence-corrected chi connectivity index (χ3v) is 3.75. The van der Waals surface area contributed by atoms with Crippen molar-refractivity contribution in [1.29, 1.82) is 0 Å². The molecule has 2 N–H and O–H groups in total. The highest BCUT2D eigenvalue weighted by Crippen LogP contribution is 2.25. The fourth-order valence-electron chi connectivity index (χ4n) is 1.89. The molecule has 0 bridgehead atoms. The quantitative estimate of drug-likeness (QED) is 0.911. The van der Waals surface area contributed by atoms with Crippen LogP contribution in [0, 0.1) is 6.92 Å². The van der Waals surface area contributed by atoms with E-state index in [0.29, 0.717) is 22.6 Å². The van der Waals surface area contributed by atoms with Crippen LogP contribution >= 0.6 is 11.6 Å². The molecule has 5 nitrogen and oxygen atoms in total. The number of hydrogen-bond donors (Lipinski definition) is 2. The van der Waals surface area contributed by atoms with Crippen molar-refractivity contribution in [2.24, 2.45) is 0 Å². The molecule has 0 radical (unpaired) electrons. The van der Waals surface area contributed by atoms with E-state index in [2.05, 4.69) is 20.8 Å². The van der Waals surface area contributed by atoms with Crippen LogP contribution in [0.5, 0.6) is 0 Å². The van der Waals surface area contributed by atoms with E-state index >= 15 is 0 Å². The predicted octanol–water partition coefficient (Wildman–Crippen LogP) is 3.07. The number of nitrogens with one attached hydrogen (secondary N) is 2. The molecule has 1 aliphatic carbocycles. The average Bonchev–Trinajstić information content (AvgIpc) is 3.28. The van der Waals surface area contributed by atoms with E-state index in [1.54, 1.807) is 12.1 Å². The van der Waals surface area contributed by atoms with Crippen LogP contribution in [0.4, 0.5) is 11.5 Å². The Morgan fingerprint density at radius 3 is 2.71 bits per heavy atom. The van der Waals surface area contributed by atoms with Crippen LogP contribution < -0.4 is 10.6 Å². The zero-order chi connectivity index (χ0) is 14.8. The van der Waals surface area contributed by atoms with Gasteiger partial charge in [-0.15, -0.1) is 10.2 Å². The van der Waals surface area contributed by atoms with Crippen LogP contribution in [0.2, 0.25) is 5.02 Å². The highest BCUT2D eigenvalue weighted by Gasteiger charge is 2.24. The second-order valence-corrected chi connectivity index (χ2v) is 5.50. The van der Waals surface area contributed by atoms with Crippen LogP contribution in [0.15, 0.2) is 30.3 Å². The van der Waals surface area contributed by atoms with E-state index in [9.17, 15) is 4.79 Å². The number of amides is 1. The first-order chi connectivity index (χ1) is 10.1. The number of anilines is 2. The third-order valence-electron chi connectivity index (χ3n) is 3.34. The van der Waals surface area contributed by atoms with Crippen LogP contribution in [-0.2, 0) is 0 Å². The summed E-state index contributed by atoms with van der Waals surface area (Å²) in [6.45, 7) is 1.93. The molecule has 2 aromatic rings. The summed E-state index contributed by atoms with van der Waals surface area (Å²) >= 11 is 6.07. The van der Waals surface area contributed by atoms with Gasteiger partial charge in [0.25, 0.3) is 5.91 Å². The number of hydrogen-bond acceptors (Lipinski definition) is 4.